The summed E-state index contributed by atoms with van der Waals surface area (Å²) in [7, 11) is 3.29. The molecule has 1 aliphatic heterocycles. The SMILES string of the molecule is COc1ccc(CC#Cc2ccc3c(c2)C(=O)/C(=C/c2cccc(Cl)c2)C(=O)N3C)cc1. The third-order valence-corrected chi connectivity index (χ3v) is 5.46. The van der Waals surface area contributed by atoms with E-state index in [1.807, 2.05) is 30.3 Å². The summed E-state index contributed by atoms with van der Waals surface area (Å²) in [5.74, 6) is 6.40. The van der Waals surface area contributed by atoms with Crippen molar-refractivity contribution in [3.05, 3.63) is 99.6 Å². The number of anilines is 1. The lowest BCUT2D eigenvalue weighted by Crippen LogP contribution is -2.36. The molecule has 0 bridgehead atoms. The van der Waals surface area contributed by atoms with Gasteiger partial charge in [0.05, 0.1) is 18.4 Å². The van der Waals surface area contributed by atoms with Crippen LogP contribution in [0.25, 0.3) is 6.08 Å². The molecule has 3 aromatic rings. The summed E-state index contributed by atoms with van der Waals surface area (Å²) in [6, 6.07) is 20.1. The number of carbonyl (C=O) groups is 2. The number of likely N-dealkylation sites (N-methyl/N-ethyl adjacent to an activating group) is 1. The monoisotopic (exact) mass is 441 g/mol. The number of hydrogen-bond acceptors (Lipinski definition) is 3. The number of amides is 1. The number of rotatable bonds is 3. The van der Waals surface area contributed by atoms with E-state index in [1.165, 1.54) is 4.90 Å². The molecule has 32 heavy (non-hydrogen) atoms. The van der Waals surface area contributed by atoms with Crippen LogP contribution in [0.3, 0.4) is 0 Å². The number of hydrogen-bond donors (Lipinski definition) is 0. The van der Waals surface area contributed by atoms with Crippen LogP contribution in [-0.4, -0.2) is 25.8 Å². The first-order valence-corrected chi connectivity index (χ1v) is 10.4. The van der Waals surface area contributed by atoms with Gasteiger partial charge in [0.15, 0.2) is 0 Å². The number of methoxy groups -OCH3 is 1. The minimum Gasteiger partial charge on any atom is -0.497 e. The minimum atomic E-state index is -0.346. The summed E-state index contributed by atoms with van der Waals surface area (Å²) in [6.45, 7) is 0. The average molecular weight is 442 g/mol. The molecule has 0 radical (unpaired) electrons. The molecular formula is C27H20ClNO3. The molecule has 0 fully saturated rings. The molecule has 158 valence electrons. The number of nitrogens with zero attached hydrogens (tertiary/aromatic N) is 1. The van der Waals surface area contributed by atoms with E-state index in [1.54, 1.807) is 56.6 Å². The molecule has 4 rings (SSSR count). The van der Waals surface area contributed by atoms with Gasteiger partial charge in [-0.25, -0.2) is 0 Å². The zero-order chi connectivity index (χ0) is 22.7. The second-order valence-corrected chi connectivity index (χ2v) is 7.80. The number of ether oxygens (including phenoxy) is 1. The van der Waals surface area contributed by atoms with E-state index in [0.717, 1.165) is 16.9 Å². The molecule has 4 nitrogen and oxygen atoms in total. The van der Waals surface area contributed by atoms with Crippen LogP contribution in [0, 0.1) is 11.8 Å². The largest absolute Gasteiger partial charge is 0.497 e. The molecule has 0 aliphatic carbocycles. The Morgan fingerprint density at radius 3 is 2.53 bits per heavy atom. The van der Waals surface area contributed by atoms with Crippen molar-refractivity contribution in [3.8, 4) is 17.6 Å². The van der Waals surface area contributed by atoms with Gasteiger partial charge in [0.25, 0.3) is 5.91 Å². The van der Waals surface area contributed by atoms with E-state index in [0.29, 0.717) is 28.3 Å². The maximum atomic E-state index is 13.2. The Balaban J connectivity index is 1.62. The number of carbonyl (C=O) groups excluding carboxylic acids is 2. The molecule has 0 N–H and O–H groups in total. The molecule has 0 spiro atoms. The van der Waals surface area contributed by atoms with Gasteiger partial charge < -0.3 is 9.64 Å². The highest BCUT2D eigenvalue weighted by atomic mass is 35.5. The fourth-order valence-corrected chi connectivity index (χ4v) is 3.70. The van der Waals surface area contributed by atoms with Crippen LogP contribution in [0.5, 0.6) is 5.75 Å². The first kappa shape index (κ1) is 21.4. The van der Waals surface area contributed by atoms with Crippen molar-refractivity contribution in [1.29, 1.82) is 0 Å². The molecule has 1 amide bonds. The summed E-state index contributed by atoms with van der Waals surface area (Å²) >= 11 is 6.04. The van der Waals surface area contributed by atoms with E-state index in [2.05, 4.69) is 11.8 Å². The number of ketones is 1. The number of fused-ring (bicyclic) bond motifs is 1. The summed E-state index contributed by atoms with van der Waals surface area (Å²) in [5.41, 5.74) is 3.62. The second-order valence-electron chi connectivity index (χ2n) is 7.36. The minimum absolute atomic E-state index is 0.102. The highest BCUT2D eigenvalue weighted by molar-refractivity contribution is 6.36. The van der Waals surface area contributed by atoms with Gasteiger partial charge in [0, 0.05) is 29.6 Å². The number of Topliss-reactive ketones (excluding diaryl/α,β-unsaturated/α-hetero) is 1. The standard InChI is InChI=1S/C27H20ClNO3/c1-29-25-14-11-19(6-3-5-18-9-12-22(32-2)13-10-18)16-23(25)26(30)24(27(29)31)17-20-7-4-8-21(28)15-20/h4,7-17H,5H2,1-2H3/b24-17-. The molecule has 0 unspecified atom stereocenters. The molecule has 0 atom stereocenters. The molecule has 0 saturated heterocycles. The molecule has 1 aliphatic rings. The second kappa shape index (κ2) is 9.13. The predicted molar refractivity (Wildman–Crippen MR) is 127 cm³/mol. The Hall–Kier alpha value is -3.81. The van der Waals surface area contributed by atoms with Gasteiger partial charge in [-0.15, -0.1) is 0 Å². The lowest BCUT2D eigenvalue weighted by molar-refractivity contribution is -0.114. The lowest BCUT2D eigenvalue weighted by Gasteiger charge is -2.26. The molecule has 0 saturated carbocycles. The van der Waals surface area contributed by atoms with Crippen molar-refractivity contribution in [2.45, 2.75) is 6.42 Å². The Labute approximate surface area is 192 Å². The molecule has 3 aromatic carbocycles. The van der Waals surface area contributed by atoms with Crippen molar-refractivity contribution in [2.24, 2.45) is 0 Å². The van der Waals surface area contributed by atoms with Gasteiger partial charge in [-0.3, -0.25) is 9.59 Å². The van der Waals surface area contributed by atoms with Crippen LogP contribution in [0.1, 0.15) is 27.0 Å². The average Bonchev–Trinajstić information content (AvgIpc) is 2.81. The maximum Gasteiger partial charge on any atom is 0.262 e. The predicted octanol–water partition coefficient (Wildman–Crippen LogP) is 5.19. The van der Waals surface area contributed by atoms with E-state index in [-0.39, 0.29) is 17.3 Å². The van der Waals surface area contributed by atoms with E-state index >= 15 is 0 Å². The Morgan fingerprint density at radius 1 is 1.03 bits per heavy atom. The normalized spacial score (nSPS) is 14.1. The van der Waals surface area contributed by atoms with Crippen molar-refractivity contribution in [1.82, 2.24) is 0 Å². The van der Waals surface area contributed by atoms with E-state index in [9.17, 15) is 9.59 Å². The van der Waals surface area contributed by atoms with Gasteiger partial charge in [-0.05, 0) is 59.7 Å². The summed E-state index contributed by atoms with van der Waals surface area (Å²) in [4.78, 5) is 27.5. The van der Waals surface area contributed by atoms with Crippen LogP contribution in [0.15, 0.2) is 72.3 Å². The summed E-state index contributed by atoms with van der Waals surface area (Å²) < 4.78 is 5.17. The highest BCUT2D eigenvalue weighted by Gasteiger charge is 2.32. The molecule has 0 aromatic heterocycles. The molecule has 5 heteroatoms. The molecular weight excluding hydrogens is 422 g/mol. The Bertz CT molecular complexity index is 1300. The van der Waals surface area contributed by atoms with E-state index < -0.39 is 0 Å². The third-order valence-electron chi connectivity index (χ3n) is 5.23. The Kier molecular flexibility index (Phi) is 6.11. The number of halogens is 1. The van der Waals surface area contributed by atoms with Crippen molar-refractivity contribution >= 4 is 35.1 Å². The van der Waals surface area contributed by atoms with Crippen molar-refractivity contribution < 1.29 is 14.3 Å². The first-order chi connectivity index (χ1) is 15.5. The fourth-order valence-electron chi connectivity index (χ4n) is 3.50. The zero-order valence-electron chi connectivity index (χ0n) is 17.7. The van der Waals surface area contributed by atoms with Gasteiger partial charge in [0.1, 0.15) is 5.75 Å². The summed E-state index contributed by atoms with van der Waals surface area (Å²) in [5, 5.41) is 0.540. The fraction of sp³-hybridized carbons (Fsp3) is 0.111. The van der Waals surface area contributed by atoms with Gasteiger partial charge in [-0.1, -0.05) is 47.7 Å². The zero-order valence-corrected chi connectivity index (χ0v) is 18.4. The van der Waals surface area contributed by atoms with Crippen molar-refractivity contribution in [3.63, 3.8) is 0 Å². The van der Waals surface area contributed by atoms with Gasteiger partial charge in [0.2, 0.25) is 5.78 Å². The van der Waals surface area contributed by atoms with Gasteiger partial charge >= 0.3 is 0 Å². The van der Waals surface area contributed by atoms with Gasteiger partial charge in [-0.2, -0.15) is 0 Å². The van der Waals surface area contributed by atoms with Crippen molar-refractivity contribution in [2.75, 3.05) is 19.1 Å². The topological polar surface area (TPSA) is 46.6 Å². The quantitative estimate of drug-likeness (QED) is 0.319. The highest BCUT2D eigenvalue weighted by Crippen LogP contribution is 2.31. The third kappa shape index (κ3) is 4.44. The first-order valence-electron chi connectivity index (χ1n) is 10.0. The Morgan fingerprint density at radius 2 is 1.81 bits per heavy atom. The van der Waals surface area contributed by atoms with E-state index in [4.69, 9.17) is 16.3 Å². The van der Waals surface area contributed by atoms with Crippen LogP contribution in [0.2, 0.25) is 5.02 Å². The molecule has 1 heterocycles. The lowest BCUT2D eigenvalue weighted by atomic mass is 9.92. The summed E-state index contributed by atoms with van der Waals surface area (Å²) in [6.07, 6.45) is 2.16. The van der Waals surface area contributed by atoms with Crippen LogP contribution in [0.4, 0.5) is 5.69 Å². The van der Waals surface area contributed by atoms with Crippen LogP contribution in [-0.2, 0) is 11.2 Å². The smallest absolute Gasteiger partial charge is 0.262 e. The van der Waals surface area contributed by atoms with Crippen LogP contribution < -0.4 is 9.64 Å². The van der Waals surface area contributed by atoms with Crippen LogP contribution >= 0.6 is 11.6 Å². The number of benzene rings is 3. The maximum absolute atomic E-state index is 13.2.